The number of carbonyl (C=O) groups is 1. The molecule has 0 aliphatic carbocycles. The molecule has 0 saturated carbocycles. The topological polar surface area (TPSA) is 57.8 Å². The molecule has 0 atom stereocenters. The van der Waals surface area contributed by atoms with Crippen LogP contribution in [0.4, 0.5) is 5.82 Å². The van der Waals surface area contributed by atoms with Crippen LogP contribution in [0.5, 0.6) is 0 Å². The Morgan fingerprint density at radius 1 is 1.25 bits per heavy atom. The lowest BCUT2D eigenvalue weighted by molar-refractivity contribution is -0.115. The highest BCUT2D eigenvalue weighted by atomic mass is 16.1. The van der Waals surface area contributed by atoms with E-state index in [-0.39, 0.29) is 5.91 Å². The number of benzene rings is 1. The van der Waals surface area contributed by atoms with Gasteiger partial charge in [0, 0.05) is 22.7 Å². The summed E-state index contributed by atoms with van der Waals surface area (Å²) in [7, 11) is 0. The van der Waals surface area contributed by atoms with Crippen molar-refractivity contribution in [1.82, 2.24) is 9.97 Å². The largest absolute Gasteiger partial charge is 0.354 e. The Bertz CT molecular complexity index is 848. The van der Waals surface area contributed by atoms with E-state index in [0.29, 0.717) is 12.2 Å². The maximum atomic E-state index is 12.1. The number of rotatable bonds is 0. The number of aryl methyl sites for hydroxylation is 1. The van der Waals surface area contributed by atoms with Gasteiger partial charge in [0.25, 0.3) is 0 Å². The molecule has 0 bridgehead atoms. The minimum absolute atomic E-state index is 0.0221. The molecule has 2 aromatic heterocycles. The van der Waals surface area contributed by atoms with Crippen molar-refractivity contribution in [3.63, 3.8) is 0 Å². The van der Waals surface area contributed by atoms with Gasteiger partial charge in [-0.2, -0.15) is 0 Å². The van der Waals surface area contributed by atoms with Crippen molar-refractivity contribution in [1.29, 1.82) is 0 Å². The zero-order valence-electron chi connectivity index (χ0n) is 11.0. The number of anilines is 1. The van der Waals surface area contributed by atoms with Crippen molar-refractivity contribution >= 4 is 22.6 Å². The van der Waals surface area contributed by atoms with Gasteiger partial charge in [0.15, 0.2) is 0 Å². The van der Waals surface area contributed by atoms with E-state index in [9.17, 15) is 4.79 Å². The van der Waals surface area contributed by atoms with Gasteiger partial charge in [-0.25, -0.2) is 4.98 Å². The standard InChI is InChI=1S/C16H13N3O/c1-9-4-5-13-11(7-9)12-8-14(20)19-16-10(15(12)18-13)3-2-6-17-16/h2-7,18H,8H2,1H3,(H,17,19,20). The highest BCUT2D eigenvalue weighted by Crippen LogP contribution is 2.36. The molecule has 3 aromatic rings. The molecule has 1 amide bonds. The molecule has 1 aliphatic rings. The molecular formula is C16H13N3O. The number of aromatic amines is 1. The molecule has 98 valence electrons. The lowest BCUT2D eigenvalue weighted by atomic mass is 10.0. The van der Waals surface area contributed by atoms with E-state index in [1.165, 1.54) is 5.56 Å². The van der Waals surface area contributed by atoms with Crippen molar-refractivity contribution < 1.29 is 4.79 Å². The molecule has 1 aromatic carbocycles. The molecule has 0 saturated heterocycles. The number of amides is 1. The van der Waals surface area contributed by atoms with Gasteiger partial charge >= 0.3 is 0 Å². The Labute approximate surface area is 115 Å². The molecule has 0 spiro atoms. The molecule has 2 N–H and O–H groups in total. The molecule has 3 heterocycles. The Balaban J connectivity index is 2.10. The summed E-state index contributed by atoms with van der Waals surface area (Å²) in [6, 6.07) is 10.1. The van der Waals surface area contributed by atoms with Crippen molar-refractivity contribution in [2.24, 2.45) is 0 Å². The van der Waals surface area contributed by atoms with Crippen LogP contribution in [0.15, 0.2) is 36.5 Å². The van der Waals surface area contributed by atoms with Crippen LogP contribution < -0.4 is 5.32 Å². The first-order valence-electron chi connectivity index (χ1n) is 6.59. The third kappa shape index (κ3) is 1.54. The monoisotopic (exact) mass is 263 g/mol. The zero-order valence-corrected chi connectivity index (χ0v) is 11.0. The molecule has 20 heavy (non-hydrogen) atoms. The van der Waals surface area contributed by atoms with Crippen molar-refractivity contribution in [3.05, 3.63) is 47.7 Å². The summed E-state index contributed by atoms with van der Waals surface area (Å²) in [5.41, 5.74) is 5.24. The van der Waals surface area contributed by atoms with Crippen LogP contribution in [-0.2, 0) is 11.2 Å². The third-order valence-corrected chi connectivity index (χ3v) is 3.73. The fourth-order valence-electron chi connectivity index (χ4n) is 2.82. The second-order valence-electron chi connectivity index (χ2n) is 5.15. The van der Waals surface area contributed by atoms with E-state index in [4.69, 9.17) is 0 Å². The van der Waals surface area contributed by atoms with Crippen molar-refractivity contribution in [2.75, 3.05) is 5.32 Å². The highest BCUT2D eigenvalue weighted by molar-refractivity contribution is 6.04. The molecule has 4 nitrogen and oxygen atoms in total. The fraction of sp³-hybridized carbons (Fsp3) is 0.125. The van der Waals surface area contributed by atoms with E-state index < -0.39 is 0 Å². The Kier molecular flexibility index (Phi) is 2.21. The molecular weight excluding hydrogens is 250 g/mol. The maximum absolute atomic E-state index is 12.1. The van der Waals surface area contributed by atoms with E-state index in [0.717, 1.165) is 27.7 Å². The number of fused-ring (bicyclic) bond motifs is 5. The van der Waals surface area contributed by atoms with Crippen LogP contribution >= 0.6 is 0 Å². The average Bonchev–Trinajstić information content (AvgIpc) is 2.70. The smallest absolute Gasteiger partial charge is 0.230 e. The second kappa shape index (κ2) is 3.93. The van der Waals surface area contributed by atoms with Gasteiger partial charge in [0.05, 0.1) is 12.1 Å². The van der Waals surface area contributed by atoms with Gasteiger partial charge < -0.3 is 10.3 Å². The van der Waals surface area contributed by atoms with Gasteiger partial charge in [-0.05, 0) is 36.8 Å². The van der Waals surface area contributed by atoms with E-state index in [1.807, 2.05) is 12.1 Å². The van der Waals surface area contributed by atoms with Crippen LogP contribution in [0.25, 0.3) is 22.2 Å². The lowest BCUT2D eigenvalue weighted by Gasteiger charge is -2.04. The van der Waals surface area contributed by atoms with Gasteiger partial charge in [0.1, 0.15) is 5.82 Å². The summed E-state index contributed by atoms with van der Waals surface area (Å²) >= 11 is 0. The van der Waals surface area contributed by atoms with E-state index >= 15 is 0 Å². The lowest BCUT2D eigenvalue weighted by Crippen LogP contribution is -2.13. The minimum atomic E-state index is -0.0221. The highest BCUT2D eigenvalue weighted by Gasteiger charge is 2.23. The minimum Gasteiger partial charge on any atom is -0.354 e. The van der Waals surface area contributed by atoms with Crippen molar-refractivity contribution in [3.8, 4) is 11.3 Å². The number of pyridine rings is 1. The molecule has 0 fully saturated rings. The first-order chi connectivity index (χ1) is 9.72. The van der Waals surface area contributed by atoms with Gasteiger partial charge in [-0.15, -0.1) is 0 Å². The maximum Gasteiger partial charge on any atom is 0.230 e. The van der Waals surface area contributed by atoms with E-state index in [2.05, 4.69) is 40.4 Å². The summed E-state index contributed by atoms with van der Waals surface area (Å²) in [5, 5.41) is 3.98. The first kappa shape index (κ1) is 11.2. The van der Waals surface area contributed by atoms with Gasteiger partial charge in [-0.1, -0.05) is 11.6 Å². The number of nitrogens with zero attached hydrogens (tertiary/aromatic N) is 1. The normalized spacial score (nSPS) is 13.6. The number of H-pyrrole nitrogens is 1. The van der Waals surface area contributed by atoms with Crippen LogP contribution in [0.1, 0.15) is 11.1 Å². The molecule has 4 rings (SSSR count). The summed E-state index contributed by atoms with van der Waals surface area (Å²) < 4.78 is 0. The van der Waals surface area contributed by atoms with Crippen LogP contribution in [-0.4, -0.2) is 15.9 Å². The number of carbonyl (C=O) groups excluding carboxylic acids is 1. The molecule has 0 radical (unpaired) electrons. The van der Waals surface area contributed by atoms with Crippen molar-refractivity contribution in [2.45, 2.75) is 13.3 Å². The number of aromatic nitrogens is 2. The summed E-state index contributed by atoms with van der Waals surface area (Å²) in [6.07, 6.45) is 2.06. The molecule has 4 heteroatoms. The second-order valence-corrected chi connectivity index (χ2v) is 5.15. The zero-order chi connectivity index (χ0) is 13.7. The van der Waals surface area contributed by atoms with E-state index in [1.54, 1.807) is 6.20 Å². The molecule has 0 unspecified atom stereocenters. The van der Waals surface area contributed by atoms with Crippen LogP contribution in [0.3, 0.4) is 0 Å². The Morgan fingerprint density at radius 2 is 2.15 bits per heavy atom. The quantitative estimate of drug-likeness (QED) is 0.655. The third-order valence-electron chi connectivity index (χ3n) is 3.73. The summed E-state index contributed by atoms with van der Waals surface area (Å²) in [6.45, 7) is 2.06. The fourth-order valence-corrected chi connectivity index (χ4v) is 2.82. The summed E-state index contributed by atoms with van der Waals surface area (Å²) in [5.74, 6) is 0.602. The number of hydrogen-bond donors (Lipinski definition) is 2. The average molecular weight is 263 g/mol. The predicted molar refractivity (Wildman–Crippen MR) is 78.6 cm³/mol. The van der Waals surface area contributed by atoms with Crippen LogP contribution in [0, 0.1) is 6.92 Å². The first-order valence-corrected chi connectivity index (χ1v) is 6.59. The molecule has 1 aliphatic heterocycles. The number of hydrogen-bond acceptors (Lipinski definition) is 2. The predicted octanol–water partition coefficient (Wildman–Crippen LogP) is 3.03. The Hall–Kier alpha value is -2.62. The SMILES string of the molecule is Cc1ccc2[nH]c3c(c2c1)CC(=O)Nc1ncccc1-3. The summed E-state index contributed by atoms with van der Waals surface area (Å²) in [4.78, 5) is 19.8. The van der Waals surface area contributed by atoms with Crippen LogP contribution in [0.2, 0.25) is 0 Å². The Morgan fingerprint density at radius 3 is 3.05 bits per heavy atom. The van der Waals surface area contributed by atoms with Gasteiger partial charge in [-0.3, -0.25) is 4.79 Å². The number of nitrogens with one attached hydrogen (secondary N) is 2. The van der Waals surface area contributed by atoms with Gasteiger partial charge in [0.2, 0.25) is 5.91 Å².